The molecule has 120 valence electrons. The molecule has 0 aromatic rings. The van der Waals surface area contributed by atoms with Gasteiger partial charge in [-0.25, -0.2) is 13.2 Å². The van der Waals surface area contributed by atoms with E-state index in [2.05, 4.69) is 0 Å². The van der Waals surface area contributed by atoms with Crippen LogP contribution in [-0.4, -0.2) is 97.5 Å². The van der Waals surface area contributed by atoms with E-state index in [1.54, 1.807) is 14.7 Å². The second kappa shape index (κ2) is 6.61. The van der Waals surface area contributed by atoms with Crippen LogP contribution >= 0.6 is 0 Å². The van der Waals surface area contributed by atoms with E-state index in [9.17, 15) is 18.0 Å². The lowest BCUT2D eigenvalue weighted by molar-refractivity contribution is -0.138. The molecule has 0 aliphatic carbocycles. The average molecular weight is 319 g/mol. The van der Waals surface area contributed by atoms with Gasteiger partial charge in [0, 0.05) is 39.3 Å². The van der Waals surface area contributed by atoms with Gasteiger partial charge < -0.3 is 14.9 Å². The molecule has 0 atom stereocenters. The average Bonchev–Trinajstić information content (AvgIpc) is 2.59. The summed E-state index contributed by atoms with van der Waals surface area (Å²) in [5, 5.41) is 8.74. The Morgan fingerprint density at radius 3 is 2.14 bits per heavy atom. The van der Waals surface area contributed by atoms with Crippen molar-refractivity contribution in [3.8, 4) is 0 Å². The van der Waals surface area contributed by atoms with Gasteiger partial charge in [-0.2, -0.15) is 0 Å². The van der Waals surface area contributed by atoms with Gasteiger partial charge in [0.15, 0.2) is 9.84 Å². The number of sulfone groups is 1. The second-order valence-electron chi connectivity index (χ2n) is 5.43. The highest BCUT2D eigenvalue weighted by Gasteiger charge is 2.28. The van der Waals surface area contributed by atoms with E-state index in [-0.39, 0.29) is 30.6 Å². The molecule has 8 nitrogen and oxygen atoms in total. The molecule has 2 fully saturated rings. The molecule has 0 aromatic carbocycles. The van der Waals surface area contributed by atoms with Crippen molar-refractivity contribution in [2.24, 2.45) is 0 Å². The highest BCUT2D eigenvalue weighted by molar-refractivity contribution is 7.91. The lowest BCUT2D eigenvalue weighted by Crippen LogP contribution is -2.53. The summed E-state index contributed by atoms with van der Waals surface area (Å²) < 4.78 is 23.1. The Labute approximate surface area is 124 Å². The van der Waals surface area contributed by atoms with Crippen molar-refractivity contribution < 1.29 is 23.1 Å². The maximum atomic E-state index is 12.4. The van der Waals surface area contributed by atoms with Gasteiger partial charge in [0.25, 0.3) is 0 Å². The molecular formula is C12H21N3O5S. The number of aliphatic carboxylic acids is 1. The molecule has 0 aromatic heterocycles. The number of hydrogen-bond donors (Lipinski definition) is 1. The largest absolute Gasteiger partial charge is 0.480 e. The summed E-state index contributed by atoms with van der Waals surface area (Å²) in [6.45, 7) is 2.73. The van der Waals surface area contributed by atoms with Gasteiger partial charge in [-0.15, -0.1) is 0 Å². The predicted octanol–water partition coefficient (Wildman–Crippen LogP) is -1.07. The Balaban J connectivity index is 1.85. The third-order valence-electron chi connectivity index (χ3n) is 3.83. The molecule has 21 heavy (non-hydrogen) atoms. The van der Waals surface area contributed by atoms with Crippen LogP contribution in [0.2, 0.25) is 0 Å². The maximum absolute atomic E-state index is 12.4. The molecule has 2 amide bonds. The zero-order valence-electron chi connectivity index (χ0n) is 11.9. The first-order valence-corrected chi connectivity index (χ1v) is 8.88. The summed E-state index contributed by atoms with van der Waals surface area (Å²) in [7, 11) is -3.02. The SMILES string of the molecule is O=C(O)CN1CCN(C(=O)N2CCCS(=O)(=O)CC2)CC1. The molecule has 2 aliphatic heterocycles. The summed E-state index contributed by atoms with van der Waals surface area (Å²) in [6, 6.07) is -0.137. The molecule has 0 bridgehead atoms. The van der Waals surface area contributed by atoms with Crippen LogP contribution < -0.4 is 0 Å². The van der Waals surface area contributed by atoms with Crippen molar-refractivity contribution in [2.75, 3.05) is 57.3 Å². The van der Waals surface area contributed by atoms with Crippen LogP contribution in [0.5, 0.6) is 0 Å². The number of amides is 2. The summed E-state index contributed by atoms with van der Waals surface area (Å²) >= 11 is 0. The Morgan fingerprint density at radius 2 is 1.52 bits per heavy atom. The van der Waals surface area contributed by atoms with Crippen molar-refractivity contribution >= 4 is 21.8 Å². The van der Waals surface area contributed by atoms with Crippen LogP contribution in [0.25, 0.3) is 0 Å². The van der Waals surface area contributed by atoms with Crippen molar-refractivity contribution in [2.45, 2.75) is 6.42 Å². The smallest absolute Gasteiger partial charge is 0.320 e. The number of piperazine rings is 1. The van der Waals surface area contributed by atoms with Crippen LogP contribution in [0, 0.1) is 0 Å². The van der Waals surface area contributed by atoms with E-state index >= 15 is 0 Å². The highest BCUT2D eigenvalue weighted by atomic mass is 32.2. The van der Waals surface area contributed by atoms with Crippen molar-refractivity contribution in [1.82, 2.24) is 14.7 Å². The number of carboxylic acids is 1. The van der Waals surface area contributed by atoms with E-state index in [4.69, 9.17) is 5.11 Å². The van der Waals surface area contributed by atoms with E-state index in [1.807, 2.05) is 0 Å². The number of carbonyl (C=O) groups excluding carboxylic acids is 1. The van der Waals surface area contributed by atoms with Crippen molar-refractivity contribution in [1.29, 1.82) is 0 Å². The van der Waals surface area contributed by atoms with E-state index < -0.39 is 15.8 Å². The standard InChI is InChI=1S/C12H21N3O5S/c16-11(17)10-13-3-5-15(6-4-13)12(18)14-2-1-8-21(19,20)9-7-14/h1-10H2,(H,16,17). The fourth-order valence-corrected chi connectivity index (χ4v) is 3.89. The van der Waals surface area contributed by atoms with Crippen molar-refractivity contribution in [3.63, 3.8) is 0 Å². The third-order valence-corrected chi connectivity index (χ3v) is 5.54. The zero-order valence-corrected chi connectivity index (χ0v) is 12.7. The first kappa shape index (κ1) is 16.0. The van der Waals surface area contributed by atoms with Gasteiger partial charge in [-0.05, 0) is 6.42 Å². The number of rotatable bonds is 2. The minimum Gasteiger partial charge on any atom is -0.480 e. The maximum Gasteiger partial charge on any atom is 0.320 e. The summed E-state index contributed by atoms with van der Waals surface area (Å²) in [5.74, 6) is -0.701. The lowest BCUT2D eigenvalue weighted by atomic mass is 10.3. The first-order chi connectivity index (χ1) is 9.87. The Bertz CT molecular complexity index is 499. The zero-order chi connectivity index (χ0) is 15.5. The van der Waals surface area contributed by atoms with Gasteiger partial charge >= 0.3 is 12.0 Å². The molecule has 0 spiro atoms. The number of urea groups is 1. The Morgan fingerprint density at radius 1 is 0.905 bits per heavy atom. The van der Waals surface area contributed by atoms with Gasteiger partial charge in [-0.3, -0.25) is 9.69 Å². The molecule has 2 aliphatic rings. The summed E-state index contributed by atoms with van der Waals surface area (Å²) in [6.07, 6.45) is 0.479. The number of hydrogen-bond acceptors (Lipinski definition) is 5. The van der Waals surface area contributed by atoms with Crippen molar-refractivity contribution in [3.05, 3.63) is 0 Å². The quantitative estimate of drug-likeness (QED) is 0.696. The molecule has 0 radical (unpaired) electrons. The molecular weight excluding hydrogens is 298 g/mol. The molecule has 2 rings (SSSR count). The van der Waals surface area contributed by atoms with Crippen LogP contribution in [0.3, 0.4) is 0 Å². The van der Waals surface area contributed by atoms with Crippen LogP contribution in [0.4, 0.5) is 4.79 Å². The molecule has 0 unspecified atom stereocenters. The molecule has 9 heteroatoms. The Hall–Kier alpha value is -1.35. The number of carbonyl (C=O) groups is 2. The van der Waals surface area contributed by atoms with Gasteiger partial charge in [0.05, 0.1) is 18.1 Å². The minimum atomic E-state index is -3.02. The van der Waals surface area contributed by atoms with Crippen LogP contribution in [0.15, 0.2) is 0 Å². The highest BCUT2D eigenvalue weighted by Crippen LogP contribution is 2.10. The second-order valence-corrected chi connectivity index (χ2v) is 7.74. The van der Waals surface area contributed by atoms with Crippen LogP contribution in [0.1, 0.15) is 6.42 Å². The van der Waals surface area contributed by atoms with Gasteiger partial charge in [0.2, 0.25) is 0 Å². The summed E-state index contributed by atoms with van der Waals surface area (Å²) in [4.78, 5) is 28.1. The first-order valence-electron chi connectivity index (χ1n) is 7.06. The van der Waals surface area contributed by atoms with Crippen LogP contribution in [-0.2, 0) is 14.6 Å². The topological polar surface area (TPSA) is 98.2 Å². The summed E-state index contributed by atoms with van der Waals surface area (Å²) in [5.41, 5.74) is 0. The van der Waals surface area contributed by atoms with Gasteiger partial charge in [0.1, 0.15) is 0 Å². The normalized spacial score (nSPS) is 23.6. The monoisotopic (exact) mass is 319 g/mol. The third kappa shape index (κ3) is 4.57. The fourth-order valence-electron chi connectivity index (χ4n) is 2.62. The fraction of sp³-hybridized carbons (Fsp3) is 0.833. The Kier molecular flexibility index (Phi) is 5.04. The number of carboxylic acid groups (broad SMARTS) is 1. The number of nitrogens with zero attached hydrogens (tertiary/aromatic N) is 3. The van der Waals surface area contributed by atoms with E-state index in [1.165, 1.54) is 0 Å². The van der Waals surface area contributed by atoms with Gasteiger partial charge in [-0.1, -0.05) is 0 Å². The molecule has 1 N–H and O–H groups in total. The van der Waals surface area contributed by atoms with E-state index in [0.717, 1.165) is 0 Å². The minimum absolute atomic E-state index is 0.00993. The molecule has 2 heterocycles. The molecule has 2 saturated heterocycles. The van der Waals surface area contributed by atoms with E-state index in [0.29, 0.717) is 39.1 Å². The molecule has 0 saturated carbocycles. The predicted molar refractivity (Wildman–Crippen MR) is 75.9 cm³/mol. The lowest BCUT2D eigenvalue weighted by Gasteiger charge is -2.36.